The second kappa shape index (κ2) is 9.93. The normalized spacial score (nSPS) is 11.2. The Morgan fingerprint density at radius 1 is 0.500 bits per heavy atom. The Morgan fingerprint density at radius 3 is 1.88 bits per heavy atom. The Bertz CT molecular complexity index is 1930. The first-order valence-corrected chi connectivity index (χ1v) is 13.2. The molecular weight excluding hydrogens is 493 g/mol. The van der Waals surface area contributed by atoms with E-state index in [2.05, 4.69) is 47.0 Å². The topological polar surface area (TPSA) is 71.2 Å². The number of aromatic nitrogens is 3. The lowest BCUT2D eigenvalue weighted by Gasteiger charge is -2.12. The minimum atomic E-state index is -1.55. The molecule has 40 heavy (non-hydrogen) atoms. The Labute approximate surface area is 231 Å². The number of fused-ring (bicyclic) bond motifs is 3. The molecule has 0 saturated heterocycles. The Kier molecular flexibility index (Phi) is 5.97. The van der Waals surface area contributed by atoms with Gasteiger partial charge in [0, 0.05) is 33.2 Å². The molecule has 2 aromatic heterocycles. The summed E-state index contributed by atoms with van der Waals surface area (Å²) in [6.45, 7) is 0. The molecule has 0 aliphatic carbocycles. The van der Waals surface area contributed by atoms with Crippen LogP contribution in [-0.2, 0) is 0 Å². The van der Waals surface area contributed by atoms with Crippen LogP contribution in [0.4, 0.5) is 0 Å². The van der Waals surface area contributed by atoms with E-state index >= 15 is 0 Å². The van der Waals surface area contributed by atoms with Crippen molar-refractivity contribution in [1.82, 2.24) is 14.5 Å². The van der Waals surface area contributed by atoms with E-state index in [9.17, 15) is 10.0 Å². The summed E-state index contributed by atoms with van der Waals surface area (Å²) in [6, 6.07) is 44.3. The fraction of sp³-hybridized carbons (Fsp3) is 0. The fourth-order valence-corrected chi connectivity index (χ4v) is 5.30. The monoisotopic (exact) mass is 517 g/mol. The molecule has 5 nitrogen and oxygen atoms in total. The van der Waals surface area contributed by atoms with Crippen LogP contribution in [0.1, 0.15) is 0 Å². The molecule has 190 valence electrons. The van der Waals surface area contributed by atoms with Crippen LogP contribution in [0.15, 0.2) is 133 Å². The van der Waals surface area contributed by atoms with Gasteiger partial charge >= 0.3 is 7.12 Å². The smallest absolute Gasteiger partial charge is 0.423 e. The number of nitrogens with zero attached hydrogens (tertiary/aromatic N) is 3. The second-order valence-electron chi connectivity index (χ2n) is 9.75. The van der Waals surface area contributed by atoms with Crippen molar-refractivity contribution in [3.05, 3.63) is 133 Å². The van der Waals surface area contributed by atoms with Crippen LogP contribution in [0, 0.1) is 0 Å². The van der Waals surface area contributed by atoms with Crippen LogP contribution in [-0.4, -0.2) is 31.7 Å². The first-order valence-electron chi connectivity index (χ1n) is 13.2. The summed E-state index contributed by atoms with van der Waals surface area (Å²) in [7, 11) is -1.55. The largest absolute Gasteiger partial charge is 0.488 e. The number of rotatable bonds is 5. The van der Waals surface area contributed by atoms with Gasteiger partial charge in [-0.25, -0.2) is 9.97 Å². The molecule has 5 aromatic carbocycles. The van der Waals surface area contributed by atoms with Gasteiger partial charge in [0.25, 0.3) is 0 Å². The molecule has 7 rings (SSSR count). The first kappa shape index (κ1) is 24.0. The molecule has 0 aliphatic heterocycles. The summed E-state index contributed by atoms with van der Waals surface area (Å²) in [5.74, 6) is 0.667. The second-order valence-corrected chi connectivity index (χ2v) is 9.75. The van der Waals surface area contributed by atoms with E-state index in [4.69, 9.17) is 9.97 Å². The average molecular weight is 517 g/mol. The van der Waals surface area contributed by atoms with Crippen molar-refractivity contribution in [2.45, 2.75) is 0 Å². The van der Waals surface area contributed by atoms with Crippen molar-refractivity contribution in [2.24, 2.45) is 0 Å². The van der Waals surface area contributed by atoms with Gasteiger partial charge in [-0.1, -0.05) is 103 Å². The lowest BCUT2D eigenvalue weighted by atomic mass is 9.80. The van der Waals surface area contributed by atoms with E-state index < -0.39 is 7.12 Å². The van der Waals surface area contributed by atoms with Gasteiger partial charge in [0.2, 0.25) is 0 Å². The molecule has 7 aromatic rings. The van der Waals surface area contributed by atoms with Crippen LogP contribution in [0.5, 0.6) is 0 Å². The third kappa shape index (κ3) is 4.26. The Morgan fingerprint density at radius 2 is 1.12 bits per heavy atom. The minimum Gasteiger partial charge on any atom is -0.423 e. The summed E-state index contributed by atoms with van der Waals surface area (Å²) in [4.78, 5) is 9.91. The van der Waals surface area contributed by atoms with Crippen LogP contribution in [0.3, 0.4) is 0 Å². The number of hydrogen-bond donors (Lipinski definition) is 2. The van der Waals surface area contributed by atoms with Crippen LogP contribution < -0.4 is 5.46 Å². The van der Waals surface area contributed by atoms with Gasteiger partial charge in [0.05, 0.1) is 22.4 Å². The predicted octanol–water partition coefficient (Wildman–Crippen LogP) is 6.25. The predicted molar refractivity (Wildman–Crippen MR) is 163 cm³/mol. The summed E-state index contributed by atoms with van der Waals surface area (Å²) < 4.78 is 2.16. The molecule has 0 radical (unpaired) electrons. The molecule has 2 N–H and O–H groups in total. The molecule has 0 amide bonds. The van der Waals surface area contributed by atoms with Crippen LogP contribution >= 0.6 is 0 Å². The first-order chi connectivity index (χ1) is 19.7. The van der Waals surface area contributed by atoms with Crippen molar-refractivity contribution in [2.75, 3.05) is 0 Å². The van der Waals surface area contributed by atoms with Gasteiger partial charge in [-0.05, 0) is 35.8 Å². The van der Waals surface area contributed by atoms with Crippen molar-refractivity contribution in [1.29, 1.82) is 0 Å². The van der Waals surface area contributed by atoms with E-state index in [0.717, 1.165) is 55.6 Å². The zero-order valence-electron chi connectivity index (χ0n) is 21.5. The lowest BCUT2D eigenvalue weighted by Crippen LogP contribution is -2.29. The summed E-state index contributed by atoms with van der Waals surface area (Å²) in [6.07, 6.45) is 0. The van der Waals surface area contributed by atoms with E-state index in [0.29, 0.717) is 11.3 Å². The van der Waals surface area contributed by atoms with E-state index in [1.165, 1.54) is 0 Å². The average Bonchev–Trinajstić information content (AvgIpc) is 3.35. The number of benzene rings is 5. The van der Waals surface area contributed by atoms with Crippen LogP contribution in [0.25, 0.3) is 61.4 Å². The van der Waals surface area contributed by atoms with E-state index in [1.54, 1.807) is 6.07 Å². The lowest BCUT2D eigenvalue weighted by molar-refractivity contribution is 0.426. The molecule has 0 bridgehead atoms. The Balaban J connectivity index is 1.44. The molecular formula is C34H24BN3O2. The van der Waals surface area contributed by atoms with E-state index in [1.807, 2.05) is 84.9 Å². The third-order valence-corrected chi connectivity index (χ3v) is 7.22. The third-order valence-electron chi connectivity index (χ3n) is 7.22. The fourth-order valence-electron chi connectivity index (χ4n) is 5.30. The van der Waals surface area contributed by atoms with Gasteiger partial charge in [-0.3, -0.25) is 0 Å². The van der Waals surface area contributed by atoms with Gasteiger partial charge < -0.3 is 14.6 Å². The molecule has 6 heteroatoms. The summed E-state index contributed by atoms with van der Waals surface area (Å²) in [5, 5.41) is 21.9. The standard InChI is InChI=1S/C34H24BN3O2/c39-35(40)26-18-19-29-28-16-7-8-17-32(28)38(33(29)21-26)27-15-9-14-25(20-27)31-22-30(23-10-3-1-4-11-23)36-34(37-31)24-12-5-2-6-13-24/h1-22,39-40H. The maximum absolute atomic E-state index is 9.88. The van der Waals surface area contributed by atoms with Gasteiger partial charge in [0.15, 0.2) is 5.82 Å². The highest BCUT2D eigenvalue weighted by Crippen LogP contribution is 2.33. The highest BCUT2D eigenvalue weighted by Gasteiger charge is 2.17. The Hall–Kier alpha value is -5.04. The van der Waals surface area contributed by atoms with Crippen molar-refractivity contribution >= 4 is 34.4 Å². The highest BCUT2D eigenvalue weighted by molar-refractivity contribution is 6.59. The molecule has 0 spiro atoms. The zero-order valence-corrected chi connectivity index (χ0v) is 21.5. The van der Waals surface area contributed by atoms with Gasteiger partial charge in [-0.2, -0.15) is 0 Å². The summed E-state index contributed by atoms with van der Waals surface area (Å²) >= 11 is 0. The van der Waals surface area contributed by atoms with Crippen LogP contribution in [0.2, 0.25) is 0 Å². The molecule has 0 aliphatic rings. The minimum absolute atomic E-state index is 0.448. The number of para-hydroxylation sites is 1. The van der Waals surface area contributed by atoms with Crippen molar-refractivity contribution in [3.8, 4) is 39.6 Å². The highest BCUT2D eigenvalue weighted by atomic mass is 16.4. The molecule has 0 fully saturated rings. The van der Waals surface area contributed by atoms with E-state index in [-0.39, 0.29) is 0 Å². The quantitative estimate of drug-likeness (QED) is 0.265. The zero-order chi connectivity index (χ0) is 27.1. The van der Waals surface area contributed by atoms with Crippen molar-refractivity contribution < 1.29 is 10.0 Å². The maximum atomic E-state index is 9.88. The van der Waals surface area contributed by atoms with Gasteiger partial charge in [0.1, 0.15) is 0 Å². The maximum Gasteiger partial charge on any atom is 0.488 e. The number of hydrogen-bond acceptors (Lipinski definition) is 4. The molecule has 0 saturated carbocycles. The summed E-state index contributed by atoms with van der Waals surface area (Å²) in [5.41, 5.74) is 7.96. The molecule has 2 heterocycles. The molecule has 0 unspecified atom stereocenters. The van der Waals surface area contributed by atoms with Gasteiger partial charge in [-0.15, -0.1) is 0 Å². The molecule has 0 atom stereocenters. The SMILES string of the molecule is OB(O)c1ccc2c3ccccc3n(-c3cccc(-c4cc(-c5ccccc5)nc(-c5ccccc5)n4)c3)c2c1. The van der Waals surface area contributed by atoms with Crippen molar-refractivity contribution in [3.63, 3.8) is 0 Å².